The number of amides is 1. The van der Waals surface area contributed by atoms with Crippen LogP contribution >= 0.6 is 0 Å². The molecule has 21 heavy (non-hydrogen) atoms. The van der Waals surface area contributed by atoms with E-state index in [2.05, 4.69) is 5.32 Å². The molecule has 0 spiro atoms. The number of nitrogens with zero attached hydrogens (tertiary/aromatic N) is 1. The lowest BCUT2D eigenvalue weighted by Gasteiger charge is -2.33. The molecule has 0 saturated carbocycles. The van der Waals surface area contributed by atoms with Gasteiger partial charge in [0.05, 0.1) is 6.04 Å². The summed E-state index contributed by atoms with van der Waals surface area (Å²) in [6, 6.07) is 9.42. The second kappa shape index (κ2) is 7.40. The molecule has 1 fully saturated rings. The summed E-state index contributed by atoms with van der Waals surface area (Å²) in [7, 11) is 3.15. The van der Waals surface area contributed by atoms with E-state index in [0.29, 0.717) is 19.6 Å². The number of ether oxygens (including phenoxy) is 2. The first-order valence-corrected chi connectivity index (χ1v) is 6.97. The smallest absolute Gasteiger partial charge is 0.407 e. The summed E-state index contributed by atoms with van der Waals surface area (Å²) < 4.78 is 10.6. The first-order chi connectivity index (χ1) is 10.2. The van der Waals surface area contributed by atoms with Crippen molar-refractivity contribution in [1.29, 1.82) is 0 Å². The first-order valence-electron chi connectivity index (χ1n) is 6.97. The largest absolute Gasteiger partial charge is 0.465 e. The maximum Gasteiger partial charge on any atom is 0.407 e. The Kier molecular flexibility index (Phi) is 5.55. The Morgan fingerprint density at radius 1 is 1.33 bits per heavy atom. The van der Waals surface area contributed by atoms with Crippen molar-refractivity contribution in [3.8, 4) is 0 Å². The first kappa shape index (κ1) is 15.8. The van der Waals surface area contributed by atoms with Gasteiger partial charge in [-0.1, -0.05) is 30.3 Å². The van der Waals surface area contributed by atoms with Crippen molar-refractivity contribution in [2.75, 3.05) is 27.3 Å². The van der Waals surface area contributed by atoms with Crippen molar-refractivity contribution in [3.05, 3.63) is 35.9 Å². The molecule has 0 radical (unpaired) electrons. The summed E-state index contributed by atoms with van der Waals surface area (Å²) in [5.74, 6) is -0.0280. The zero-order valence-electron chi connectivity index (χ0n) is 12.4. The second-order valence-electron chi connectivity index (χ2n) is 5.13. The molecule has 1 aromatic rings. The molecule has 1 aliphatic heterocycles. The van der Waals surface area contributed by atoms with Crippen molar-refractivity contribution in [2.24, 2.45) is 5.92 Å². The van der Waals surface area contributed by atoms with Crippen molar-refractivity contribution >= 4 is 6.09 Å². The molecule has 2 N–H and O–H groups in total. The van der Waals surface area contributed by atoms with Crippen LogP contribution in [0.3, 0.4) is 0 Å². The van der Waals surface area contributed by atoms with E-state index in [9.17, 15) is 9.90 Å². The summed E-state index contributed by atoms with van der Waals surface area (Å²) >= 11 is 0. The molecule has 1 aliphatic rings. The number of carbonyl (C=O) groups is 1. The van der Waals surface area contributed by atoms with Crippen LogP contribution in [0.2, 0.25) is 0 Å². The number of hydrogen-bond acceptors (Lipinski definition) is 4. The molecule has 1 saturated heterocycles. The van der Waals surface area contributed by atoms with Gasteiger partial charge in [0.15, 0.2) is 6.29 Å². The Hall–Kier alpha value is -1.63. The average molecular weight is 294 g/mol. The number of hydrogen-bond donors (Lipinski definition) is 2. The van der Waals surface area contributed by atoms with Crippen molar-refractivity contribution in [1.82, 2.24) is 10.2 Å². The zero-order valence-corrected chi connectivity index (χ0v) is 12.4. The number of nitrogens with one attached hydrogen (secondary N) is 1. The van der Waals surface area contributed by atoms with Gasteiger partial charge in [0, 0.05) is 39.8 Å². The molecular weight excluding hydrogens is 272 g/mol. The van der Waals surface area contributed by atoms with E-state index < -0.39 is 12.4 Å². The van der Waals surface area contributed by atoms with E-state index in [-0.39, 0.29) is 12.0 Å². The number of methoxy groups -OCH3 is 2. The third-order valence-electron chi connectivity index (χ3n) is 3.88. The van der Waals surface area contributed by atoms with Gasteiger partial charge < -0.3 is 19.9 Å². The third-order valence-corrected chi connectivity index (χ3v) is 3.88. The van der Waals surface area contributed by atoms with Crippen LogP contribution in [0.4, 0.5) is 4.79 Å². The summed E-state index contributed by atoms with van der Waals surface area (Å²) in [4.78, 5) is 13.1. The Morgan fingerprint density at radius 3 is 2.57 bits per heavy atom. The fourth-order valence-electron chi connectivity index (χ4n) is 2.86. The van der Waals surface area contributed by atoms with E-state index in [1.807, 2.05) is 30.3 Å². The van der Waals surface area contributed by atoms with Crippen LogP contribution in [0.15, 0.2) is 30.3 Å². The van der Waals surface area contributed by atoms with E-state index >= 15 is 0 Å². The van der Waals surface area contributed by atoms with E-state index in [4.69, 9.17) is 9.47 Å². The van der Waals surface area contributed by atoms with Gasteiger partial charge in [0.25, 0.3) is 0 Å². The highest BCUT2D eigenvalue weighted by molar-refractivity contribution is 5.65. The predicted molar refractivity (Wildman–Crippen MR) is 78.0 cm³/mol. The lowest BCUT2D eigenvalue weighted by molar-refractivity contribution is -0.143. The third kappa shape index (κ3) is 3.72. The summed E-state index contributed by atoms with van der Waals surface area (Å²) in [5.41, 5.74) is 0.969. The average Bonchev–Trinajstić information content (AvgIpc) is 2.96. The standard InChI is InChI=1S/C15H22N2O4/c1-20-14(21-2)12-8-16-9-13(12)17(15(18)19)10-11-6-4-3-5-7-11/h3-7,12-14,16H,8-10H2,1-2H3,(H,18,19). The maximum atomic E-state index is 11.7. The molecule has 1 amide bonds. The van der Waals surface area contributed by atoms with E-state index in [0.717, 1.165) is 5.56 Å². The number of benzene rings is 1. The molecule has 0 aromatic heterocycles. The SMILES string of the molecule is COC(OC)C1CNCC1N(Cc1ccccc1)C(=O)O. The quantitative estimate of drug-likeness (QED) is 0.776. The fraction of sp³-hybridized carbons (Fsp3) is 0.533. The fourth-order valence-corrected chi connectivity index (χ4v) is 2.86. The summed E-state index contributed by atoms with van der Waals surface area (Å²) in [6.07, 6.45) is -1.34. The van der Waals surface area contributed by atoms with Gasteiger partial charge in [0.1, 0.15) is 0 Å². The van der Waals surface area contributed by atoms with Gasteiger partial charge in [-0.25, -0.2) is 4.79 Å². The molecule has 2 atom stereocenters. The van der Waals surface area contributed by atoms with Gasteiger partial charge in [-0.05, 0) is 5.56 Å². The molecule has 1 aromatic carbocycles. The Bertz CT molecular complexity index is 450. The highest BCUT2D eigenvalue weighted by Crippen LogP contribution is 2.23. The number of carboxylic acid groups (broad SMARTS) is 1. The summed E-state index contributed by atoms with van der Waals surface area (Å²) in [6.45, 7) is 1.64. The molecule has 1 heterocycles. The molecule has 116 valence electrons. The molecule has 6 nitrogen and oxygen atoms in total. The van der Waals surface area contributed by atoms with Gasteiger partial charge in [-0.15, -0.1) is 0 Å². The maximum absolute atomic E-state index is 11.7. The highest BCUT2D eigenvalue weighted by Gasteiger charge is 2.39. The minimum absolute atomic E-state index is 0.0280. The Balaban J connectivity index is 2.15. The van der Waals surface area contributed by atoms with Gasteiger partial charge in [0.2, 0.25) is 0 Å². The monoisotopic (exact) mass is 294 g/mol. The molecule has 6 heteroatoms. The minimum atomic E-state index is -0.927. The normalized spacial score (nSPS) is 21.7. The van der Waals surface area contributed by atoms with Crippen LogP contribution in [0.25, 0.3) is 0 Å². The van der Waals surface area contributed by atoms with Crippen LogP contribution in [0, 0.1) is 5.92 Å². The highest BCUT2D eigenvalue weighted by atomic mass is 16.7. The van der Waals surface area contributed by atoms with Crippen molar-refractivity contribution < 1.29 is 19.4 Å². The zero-order chi connectivity index (χ0) is 15.2. The van der Waals surface area contributed by atoms with E-state index in [1.54, 1.807) is 14.2 Å². The summed E-state index contributed by atoms with van der Waals surface area (Å²) in [5, 5.41) is 12.8. The van der Waals surface area contributed by atoms with Crippen LogP contribution in [-0.2, 0) is 16.0 Å². The van der Waals surface area contributed by atoms with Crippen LogP contribution in [-0.4, -0.2) is 55.7 Å². The molecular formula is C15H22N2O4. The van der Waals surface area contributed by atoms with Crippen LogP contribution in [0.5, 0.6) is 0 Å². The van der Waals surface area contributed by atoms with Gasteiger partial charge >= 0.3 is 6.09 Å². The second-order valence-corrected chi connectivity index (χ2v) is 5.13. The molecule has 2 unspecified atom stereocenters. The van der Waals surface area contributed by atoms with Crippen LogP contribution < -0.4 is 5.32 Å². The predicted octanol–water partition coefficient (Wildman–Crippen LogP) is 1.37. The van der Waals surface area contributed by atoms with Gasteiger partial charge in [-0.2, -0.15) is 0 Å². The Labute approximate surface area is 124 Å². The molecule has 2 rings (SSSR count). The number of rotatable bonds is 6. The van der Waals surface area contributed by atoms with E-state index in [1.165, 1.54) is 4.90 Å². The van der Waals surface area contributed by atoms with Crippen LogP contribution in [0.1, 0.15) is 5.56 Å². The lowest BCUT2D eigenvalue weighted by Crippen LogP contribution is -2.47. The Morgan fingerprint density at radius 2 is 2.00 bits per heavy atom. The minimum Gasteiger partial charge on any atom is -0.465 e. The molecule has 0 aliphatic carbocycles. The lowest BCUT2D eigenvalue weighted by atomic mass is 10.0. The topological polar surface area (TPSA) is 71.0 Å². The van der Waals surface area contributed by atoms with Crippen molar-refractivity contribution in [3.63, 3.8) is 0 Å². The van der Waals surface area contributed by atoms with Gasteiger partial charge in [-0.3, -0.25) is 4.90 Å². The van der Waals surface area contributed by atoms with Crippen molar-refractivity contribution in [2.45, 2.75) is 18.9 Å². The molecule has 0 bridgehead atoms.